The fourth-order valence-corrected chi connectivity index (χ4v) is 2.30. The minimum Gasteiger partial charge on any atom is -0.493 e. The SMILES string of the molecule is COc1ccc(NC(=O)CNc2nc3cc(Cl)cnc3o2)cc1OC. The lowest BCUT2D eigenvalue weighted by Crippen LogP contribution is -2.21. The number of amides is 1. The normalized spacial score (nSPS) is 10.5. The van der Waals surface area contributed by atoms with Gasteiger partial charge >= 0.3 is 0 Å². The Balaban J connectivity index is 1.62. The second kappa shape index (κ2) is 7.27. The molecule has 0 unspecified atom stereocenters. The predicted octanol–water partition coefficient (Wildman–Crippen LogP) is 2.94. The van der Waals surface area contributed by atoms with E-state index in [-0.39, 0.29) is 18.5 Å². The van der Waals surface area contributed by atoms with Crippen LogP contribution in [0, 0.1) is 0 Å². The number of aromatic nitrogens is 2. The Bertz CT molecular complexity index is 912. The molecule has 1 aromatic carbocycles. The van der Waals surface area contributed by atoms with E-state index >= 15 is 0 Å². The minimum atomic E-state index is -0.277. The summed E-state index contributed by atoms with van der Waals surface area (Å²) in [6, 6.07) is 6.90. The van der Waals surface area contributed by atoms with E-state index in [0.717, 1.165) is 0 Å². The number of ether oxygens (including phenoxy) is 2. The molecule has 1 amide bonds. The first-order valence-electron chi connectivity index (χ1n) is 7.27. The second-order valence-corrected chi connectivity index (χ2v) is 5.40. The van der Waals surface area contributed by atoms with Crippen LogP contribution in [-0.4, -0.2) is 36.6 Å². The Morgan fingerprint density at radius 1 is 1.24 bits per heavy atom. The number of nitrogens with one attached hydrogen (secondary N) is 2. The van der Waals surface area contributed by atoms with Crippen LogP contribution in [0.3, 0.4) is 0 Å². The van der Waals surface area contributed by atoms with Gasteiger partial charge in [-0.1, -0.05) is 11.6 Å². The third-order valence-electron chi connectivity index (χ3n) is 3.28. The second-order valence-electron chi connectivity index (χ2n) is 4.97. The number of nitrogens with zero attached hydrogens (tertiary/aromatic N) is 2. The number of benzene rings is 1. The van der Waals surface area contributed by atoms with Crippen molar-refractivity contribution in [2.75, 3.05) is 31.4 Å². The lowest BCUT2D eigenvalue weighted by molar-refractivity contribution is -0.114. The summed E-state index contributed by atoms with van der Waals surface area (Å²) in [6.45, 7) is -0.0328. The van der Waals surface area contributed by atoms with Crippen LogP contribution in [0.2, 0.25) is 5.02 Å². The van der Waals surface area contributed by atoms with Gasteiger partial charge in [0.2, 0.25) is 11.6 Å². The van der Waals surface area contributed by atoms with Gasteiger partial charge < -0.3 is 24.5 Å². The van der Waals surface area contributed by atoms with E-state index in [1.165, 1.54) is 13.3 Å². The number of oxazole rings is 1. The molecule has 0 bridgehead atoms. The zero-order chi connectivity index (χ0) is 17.8. The van der Waals surface area contributed by atoms with Crippen molar-refractivity contribution in [3.8, 4) is 11.5 Å². The van der Waals surface area contributed by atoms with Crippen molar-refractivity contribution in [2.45, 2.75) is 0 Å². The van der Waals surface area contributed by atoms with Gasteiger partial charge in [-0.15, -0.1) is 0 Å². The average molecular weight is 363 g/mol. The van der Waals surface area contributed by atoms with Gasteiger partial charge in [-0.05, 0) is 18.2 Å². The fraction of sp³-hybridized carbons (Fsp3) is 0.188. The molecule has 0 atom stereocenters. The van der Waals surface area contributed by atoms with Crippen molar-refractivity contribution in [3.63, 3.8) is 0 Å². The summed E-state index contributed by atoms with van der Waals surface area (Å²) in [5.74, 6) is 0.826. The number of carbonyl (C=O) groups excluding carboxylic acids is 1. The van der Waals surface area contributed by atoms with E-state index < -0.39 is 0 Å². The third kappa shape index (κ3) is 3.92. The molecule has 0 aliphatic heterocycles. The molecule has 3 rings (SSSR count). The van der Waals surface area contributed by atoms with E-state index in [9.17, 15) is 4.79 Å². The highest BCUT2D eigenvalue weighted by Gasteiger charge is 2.10. The monoisotopic (exact) mass is 362 g/mol. The number of fused-ring (bicyclic) bond motifs is 1. The number of rotatable bonds is 6. The quantitative estimate of drug-likeness (QED) is 0.695. The lowest BCUT2D eigenvalue weighted by Gasteiger charge is -2.10. The summed E-state index contributed by atoms with van der Waals surface area (Å²) >= 11 is 5.84. The predicted molar refractivity (Wildman–Crippen MR) is 93.5 cm³/mol. The van der Waals surface area contributed by atoms with Gasteiger partial charge in [0.05, 0.1) is 25.8 Å². The third-order valence-corrected chi connectivity index (χ3v) is 3.49. The molecule has 2 aromatic heterocycles. The highest BCUT2D eigenvalue weighted by atomic mass is 35.5. The summed E-state index contributed by atoms with van der Waals surface area (Å²) in [5.41, 5.74) is 1.43. The maximum absolute atomic E-state index is 12.1. The number of carbonyl (C=O) groups is 1. The van der Waals surface area contributed by atoms with E-state index in [4.69, 9.17) is 25.5 Å². The average Bonchev–Trinajstić information content (AvgIpc) is 3.01. The number of hydrogen-bond donors (Lipinski definition) is 2. The highest BCUT2D eigenvalue weighted by molar-refractivity contribution is 6.30. The summed E-state index contributed by atoms with van der Waals surface area (Å²) in [7, 11) is 3.07. The van der Waals surface area contributed by atoms with Crippen molar-refractivity contribution >= 4 is 40.4 Å². The molecule has 0 radical (unpaired) electrons. The molecule has 3 aromatic rings. The van der Waals surface area contributed by atoms with Crippen molar-refractivity contribution in [1.82, 2.24) is 9.97 Å². The number of methoxy groups -OCH3 is 2. The smallest absolute Gasteiger partial charge is 0.297 e. The van der Waals surface area contributed by atoms with Gasteiger partial charge in [-0.25, -0.2) is 4.98 Å². The van der Waals surface area contributed by atoms with Crippen LogP contribution in [0.25, 0.3) is 11.2 Å². The molecular formula is C16H15ClN4O4. The van der Waals surface area contributed by atoms with Crippen LogP contribution in [0.5, 0.6) is 11.5 Å². The zero-order valence-corrected chi connectivity index (χ0v) is 14.3. The summed E-state index contributed by atoms with van der Waals surface area (Å²) in [6.07, 6.45) is 1.46. The number of pyridine rings is 1. The molecule has 0 saturated carbocycles. The van der Waals surface area contributed by atoms with Crippen LogP contribution in [0.1, 0.15) is 0 Å². The summed E-state index contributed by atoms with van der Waals surface area (Å²) in [4.78, 5) is 20.2. The number of anilines is 2. The van der Waals surface area contributed by atoms with Crippen LogP contribution in [0.15, 0.2) is 34.9 Å². The largest absolute Gasteiger partial charge is 0.493 e. The number of halogens is 1. The van der Waals surface area contributed by atoms with Crippen molar-refractivity contribution in [2.24, 2.45) is 0 Å². The maximum atomic E-state index is 12.1. The van der Waals surface area contributed by atoms with Crippen LogP contribution in [0.4, 0.5) is 11.7 Å². The Labute approximate surface area is 148 Å². The topological polar surface area (TPSA) is 98.5 Å². The van der Waals surface area contributed by atoms with Gasteiger partial charge in [-0.3, -0.25) is 4.79 Å². The molecule has 0 spiro atoms. The fourth-order valence-electron chi connectivity index (χ4n) is 2.15. The molecule has 0 saturated heterocycles. The zero-order valence-electron chi connectivity index (χ0n) is 13.5. The Kier molecular flexibility index (Phi) is 4.90. The number of hydrogen-bond acceptors (Lipinski definition) is 7. The first-order chi connectivity index (χ1) is 12.1. The first-order valence-corrected chi connectivity index (χ1v) is 7.64. The maximum Gasteiger partial charge on any atom is 0.297 e. The molecule has 2 N–H and O–H groups in total. The Morgan fingerprint density at radius 2 is 2.04 bits per heavy atom. The molecule has 130 valence electrons. The molecule has 25 heavy (non-hydrogen) atoms. The molecule has 0 aliphatic rings. The van der Waals surface area contributed by atoms with Crippen molar-refractivity contribution < 1.29 is 18.7 Å². The Hall–Kier alpha value is -3.00. The van der Waals surface area contributed by atoms with E-state index in [0.29, 0.717) is 33.4 Å². The summed E-state index contributed by atoms with van der Waals surface area (Å²) < 4.78 is 15.7. The molecule has 0 aliphatic carbocycles. The van der Waals surface area contributed by atoms with Crippen LogP contribution >= 0.6 is 11.6 Å². The molecule has 8 nitrogen and oxygen atoms in total. The Morgan fingerprint density at radius 3 is 2.80 bits per heavy atom. The van der Waals surface area contributed by atoms with Crippen LogP contribution in [-0.2, 0) is 4.79 Å². The molecule has 2 heterocycles. The molecular weight excluding hydrogens is 348 g/mol. The van der Waals surface area contributed by atoms with E-state index in [1.807, 2.05) is 0 Å². The highest BCUT2D eigenvalue weighted by Crippen LogP contribution is 2.29. The van der Waals surface area contributed by atoms with Crippen LogP contribution < -0.4 is 20.1 Å². The van der Waals surface area contributed by atoms with Gasteiger partial charge in [0.15, 0.2) is 11.5 Å². The molecule has 9 heteroatoms. The van der Waals surface area contributed by atoms with Gasteiger partial charge in [0.1, 0.15) is 5.52 Å². The van der Waals surface area contributed by atoms with Crippen molar-refractivity contribution in [1.29, 1.82) is 0 Å². The van der Waals surface area contributed by atoms with Crippen molar-refractivity contribution in [3.05, 3.63) is 35.5 Å². The van der Waals surface area contributed by atoms with Gasteiger partial charge in [0.25, 0.3) is 6.01 Å². The van der Waals surface area contributed by atoms with E-state index in [1.54, 1.807) is 31.4 Å². The first kappa shape index (κ1) is 16.8. The van der Waals surface area contributed by atoms with E-state index in [2.05, 4.69) is 20.6 Å². The lowest BCUT2D eigenvalue weighted by atomic mass is 10.2. The standard InChI is InChI=1S/C16H15ClN4O4/c1-23-12-4-3-10(6-13(12)24-2)20-14(22)8-19-16-21-11-5-9(17)7-18-15(11)25-16/h3-7H,8H2,1-2H3,(H,19,21)(H,20,22). The van der Waals surface area contributed by atoms with Gasteiger partial charge in [-0.2, -0.15) is 4.98 Å². The van der Waals surface area contributed by atoms with Gasteiger partial charge in [0, 0.05) is 18.0 Å². The molecule has 0 fully saturated rings. The summed E-state index contributed by atoms with van der Waals surface area (Å²) in [5, 5.41) is 5.99. The minimum absolute atomic E-state index is 0.0328.